The lowest BCUT2D eigenvalue weighted by atomic mass is 9.65. The van der Waals surface area contributed by atoms with Crippen LogP contribution in [0.4, 0.5) is 0 Å². The van der Waals surface area contributed by atoms with E-state index < -0.39 is 5.60 Å². The zero-order valence-electron chi connectivity index (χ0n) is 10.5. The van der Waals surface area contributed by atoms with Crippen LogP contribution in [0.3, 0.4) is 0 Å². The number of carbonyl (C=O) groups is 1. The predicted molar refractivity (Wildman–Crippen MR) is 64.1 cm³/mol. The first-order valence-corrected chi connectivity index (χ1v) is 6.43. The first-order valence-electron chi connectivity index (χ1n) is 6.43. The number of ketones is 1. The Hall–Kier alpha value is -0.630. The summed E-state index contributed by atoms with van der Waals surface area (Å²) in [6.07, 6.45) is 4.99. The van der Waals surface area contributed by atoms with E-state index in [1.807, 2.05) is 13.8 Å². The van der Waals surface area contributed by atoms with Crippen LogP contribution in [0, 0.1) is 11.8 Å². The quantitative estimate of drug-likeness (QED) is 0.740. The number of hydrogen-bond acceptors (Lipinski definition) is 2. The number of aliphatic hydroxyl groups is 1. The Morgan fingerprint density at radius 1 is 1.38 bits per heavy atom. The summed E-state index contributed by atoms with van der Waals surface area (Å²) in [6.45, 7) is 5.94. The molecule has 2 atom stereocenters. The van der Waals surface area contributed by atoms with Gasteiger partial charge in [0.1, 0.15) is 5.60 Å². The summed E-state index contributed by atoms with van der Waals surface area (Å²) in [6, 6.07) is 0. The highest BCUT2D eigenvalue weighted by Gasteiger charge is 2.47. The summed E-state index contributed by atoms with van der Waals surface area (Å²) in [5.41, 5.74) is 1.10. The molecule has 2 heteroatoms. The van der Waals surface area contributed by atoms with E-state index >= 15 is 0 Å². The van der Waals surface area contributed by atoms with Crippen molar-refractivity contribution in [1.29, 1.82) is 0 Å². The fourth-order valence-electron chi connectivity index (χ4n) is 3.20. The molecule has 1 saturated carbocycles. The van der Waals surface area contributed by atoms with E-state index in [9.17, 15) is 9.90 Å². The minimum atomic E-state index is -1.09. The summed E-state index contributed by atoms with van der Waals surface area (Å²) < 4.78 is 0. The zero-order valence-corrected chi connectivity index (χ0v) is 10.5. The highest BCUT2D eigenvalue weighted by Crippen LogP contribution is 2.43. The number of carbonyl (C=O) groups excluding carboxylic acids is 1. The van der Waals surface area contributed by atoms with Gasteiger partial charge in [0.25, 0.3) is 0 Å². The molecule has 0 radical (unpaired) electrons. The Morgan fingerprint density at radius 3 is 2.69 bits per heavy atom. The molecule has 0 aliphatic heterocycles. The first-order chi connectivity index (χ1) is 7.47. The van der Waals surface area contributed by atoms with E-state index in [-0.39, 0.29) is 11.7 Å². The third-order valence-electron chi connectivity index (χ3n) is 4.44. The number of rotatable bonds is 1. The molecule has 0 amide bonds. The Balaban J connectivity index is 2.38. The fourth-order valence-corrected chi connectivity index (χ4v) is 3.20. The van der Waals surface area contributed by atoms with Crippen molar-refractivity contribution >= 4 is 5.78 Å². The molecule has 0 aromatic rings. The maximum atomic E-state index is 12.4. The van der Waals surface area contributed by atoms with Crippen molar-refractivity contribution in [3.8, 4) is 0 Å². The molecule has 0 heterocycles. The lowest BCUT2D eigenvalue weighted by Crippen LogP contribution is -2.49. The van der Waals surface area contributed by atoms with Crippen molar-refractivity contribution in [3.63, 3.8) is 0 Å². The van der Waals surface area contributed by atoms with Gasteiger partial charge in [-0.05, 0) is 50.9 Å². The van der Waals surface area contributed by atoms with Gasteiger partial charge in [0.15, 0.2) is 5.78 Å². The van der Waals surface area contributed by atoms with Gasteiger partial charge in [-0.15, -0.1) is 0 Å². The van der Waals surface area contributed by atoms with Crippen LogP contribution < -0.4 is 0 Å². The lowest BCUT2D eigenvalue weighted by molar-refractivity contribution is -0.142. The fraction of sp³-hybridized carbons (Fsp3) is 0.786. The van der Waals surface area contributed by atoms with Gasteiger partial charge in [-0.1, -0.05) is 19.4 Å². The van der Waals surface area contributed by atoms with E-state index in [1.54, 1.807) is 0 Å². The van der Waals surface area contributed by atoms with Gasteiger partial charge in [0.2, 0.25) is 0 Å². The van der Waals surface area contributed by atoms with Crippen LogP contribution in [0.15, 0.2) is 11.1 Å². The van der Waals surface area contributed by atoms with Crippen LogP contribution in [-0.2, 0) is 4.79 Å². The van der Waals surface area contributed by atoms with Gasteiger partial charge < -0.3 is 5.11 Å². The lowest BCUT2D eigenvalue weighted by Gasteiger charge is -2.41. The van der Waals surface area contributed by atoms with Gasteiger partial charge in [0.05, 0.1) is 0 Å². The largest absolute Gasteiger partial charge is 0.381 e. The van der Waals surface area contributed by atoms with E-state index in [4.69, 9.17) is 0 Å². The summed E-state index contributed by atoms with van der Waals surface area (Å²) in [7, 11) is 0. The monoisotopic (exact) mass is 222 g/mol. The van der Waals surface area contributed by atoms with Gasteiger partial charge in [-0.25, -0.2) is 0 Å². The first kappa shape index (κ1) is 11.8. The van der Waals surface area contributed by atoms with Crippen LogP contribution in [-0.4, -0.2) is 16.5 Å². The van der Waals surface area contributed by atoms with Crippen molar-refractivity contribution < 1.29 is 9.90 Å². The highest BCUT2D eigenvalue weighted by atomic mass is 16.3. The number of allylic oxidation sites excluding steroid dienone is 1. The SMILES string of the molecule is CC1=C2C(=O)[C@](O)(C(C)C)CCC2CCC1. The third kappa shape index (κ3) is 1.64. The molecule has 1 N–H and O–H groups in total. The Kier molecular flexibility index (Phi) is 2.95. The van der Waals surface area contributed by atoms with Crippen molar-refractivity contribution in [2.75, 3.05) is 0 Å². The zero-order chi connectivity index (χ0) is 11.9. The van der Waals surface area contributed by atoms with Gasteiger partial charge >= 0.3 is 0 Å². The smallest absolute Gasteiger partial charge is 0.190 e. The highest BCUT2D eigenvalue weighted by molar-refractivity contribution is 6.03. The molecule has 2 aliphatic rings. The molecule has 1 fully saturated rings. The minimum absolute atomic E-state index is 0.0168. The van der Waals surface area contributed by atoms with Gasteiger partial charge in [0, 0.05) is 5.57 Å². The molecule has 2 rings (SSSR count). The van der Waals surface area contributed by atoms with Crippen molar-refractivity contribution in [1.82, 2.24) is 0 Å². The minimum Gasteiger partial charge on any atom is -0.381 e. The Labute approximate surface area is 97.7 Å². The van der Waals surface area contributed by atoms with E-state index in [1.165, 1.54) is 12.0 Å². The molecule has 0 spiro atoms. The van der Waals surface area contributed by atoms with Crippen molar-refractivity contribution in [3.05, 3.63) is 11.1 Å². The van der Waals surface area contributed by atoms with Crippen LogP contribution in [0.5, 0.6) is 0 Å². The third-order valence-corrected chi connectivity index (χ3v) is 4.44. The molecular formula is C14H22O2. The van der Waals surface area contributed by atoms with Crippen molar-refractivity contribution in [2.24, 2.45) is 11.8 Å². The standard InChI is InChI=1S/C14H22O2/c1-9(2)14(16)8-7-11-6-4-5-10(3)12(11)13(14)15/h9,11,16H,4-8H2,1-3H3/t11?,14-/m1/s1. The summed E-state index contributed by atoms with van der Waals surface area (Å²) >= 11 is 0. The molecule has 2 nitrogen and oxygen atoms in total. The normalized spacial score (nSPS) is 35.6. The Morgan fingerprint density at radius 2 is 2.06 bits per heavy atom. The Bertz CT molecular complexity index is 341. The topological polar surface area (TPSA) is 37.3 Å². The van der Waals surface area contributed by atoms with E-state index in [0.29, 0.717) is 12.3 Å². The van der Waals surface area contributed by atoms with Crippen LogP contribution in [0.1, 0.15) is 52.9 Å². The molecule has 90 valence electrons. The maximum Gasteiger partial charge on any atom is 0.190 e. The number of Topliss-reactive ketones (excluding diaryl/α,β-unsaturated/α-hetero) is 1. The molecule has 0 saturated heterocycles. The van der Waals surface area contributed by atoms with Crippen LogP contribution >= 0.6 is 0 Å². The number of fused-ring (bicyclic) bond motifs is 1. The molecule has 1 unspecified atom stereocenters. The van der Waals surface area contributed by atoms with Gasteiger partial charge in [-0.3, -0.25) is 4.79 Å². The maximum absolute atomic E-state index is 12.4. The average Bonchev–Trinajstić information content (AvgIpc) is 2.23. The van der Waals surface area contributed by atoms with E-state index in [2.05, 4.69) is 6.92 Å². The molecule has 0 bridgehead atoms. The molecule has 0 aromatic carbocycles. The number of hydrogen-bond donors (Lipinski definition) is 1. The second-order valence-corrected chi connectivity index (χ2v) is 5.73. The van der Waals surface area contributed by atoms with E-state index in [0.717, 1.165) is 24.8 Å². The van der Waals surface area contributed by atoms with Crippen LogP contribution in [0.2, 0.25) is 0 Å². The van der Waals surface area contributed by atoms with Gasteiger partial charge in [-0.2, -0.15) is 0 Å². The summed E-state index contributed by atoms with van der Waals surface area (Å²) in [5, 5.41) is 10.5. The predicted octanol–water partition coefficient (Wildman–Crippen LogP) is 2.85. The summed E-state index contributed by atoms with van der Waals surface area (Å²) in [4.78, 5) is 12.4. The second-order valence-electron chi connectivity index (χ2n) is 5.73. The molecule has 0 aromatic heterocycles. The summed E-state index contributed by atoms with van der Waals surface area (Å²) in [5.74, 6) is 0.472. The molecule has 2 aliphatic carbocycles. The molecule has 16 heavy (non-hydrogen) atoms. The molecular weight excluding hydrogens is 200 g/mol. The average molecular weight is 222 g/mol. The second kappa shape index (κ2) is 3.99. The van der Waals surface area contributed by atoms with Crippen molar-refractivity contribution in [2.45, 2.75) is 58.5 Å². The van der Waals surface area contributed by atoms with Crippen LogP contribution in [0.25, 0.3) is 0 Å².